The van der Waals surface area contributed by atoms with E-state index in [0.717, 1.165) is 34.4 Å². The quantitative estimate of drug-likeness (QED) is 0.576. The van der Waals surface area contributed by atoms with Gasteiger partial charge in [-0.1, -0.05) is 18.5 Å². The van der Waals surface area contributed by atoms with Crippen molar-refractivity contribution in [2.24, 2.45) is 11.7 Å². The molecule has 0 saturated heterocycles. The molecule has 0 fully saturated rings. The minimum Gasteiger partial charge on any atom is -0.365 e. The summed E-state index contributed by atoms with van der Waals surface area (Å²) in [5.41, 5.74) is 7.12. The van der Waals surface area contributed by atoms with Crippen LogP contribution in [0.1, 0.15) is 39.8 Å². The number of aromatic nitrogens is 2. The van der Waals surface area contributed by atoms with Gasteiger partial charge in [-0.15, -0.1) is 11.3 Å². The van der Waals surface area contributed by atoms with E-state index in [2.05, 4.69) is 17.3 Å². The first-order valence-corrected chi connectivity index (χ1v) is 9.50. The maximum Gasteiger partial charge on any atom is 0.408 e. The van der Waals surface area contributed by atoms with Gasteiger partial charge in [0.1, 0.15) is 11.5 Å². The Labute approximate surface area is 163 Å². The van der Waals surface area contributed by atoms with Crippen molar-refractivity contribution in [1.82, 2.24) is 9.78 Å². The standard InChI is InChI=1S/C16H18ClN5O4S/c1-7-3-4-9-10(5-7)27-16(12(9)14(18)24)19-11(23)6-21-8(2)13(17)15(20-21)22(25)26/h7H,3-6H2,1-2H3,(H2,18,24)(H,19,23)/t7-/m1/s1. The number of amides is 2. The molecular formula is C16H18ClN5O4S. The van der Waals surface area contributed by atoms with Crippen molar-refractivity contribution in [1.29, 1.82) is 0 Å². The number of thiophene rings is 1. The van der Waals surface area contributed by atoms with Crippen LogP contribution in [0.15, 0.2) is 0 Å². The molecule has 0 aliphatic heterocycles. The lowest BCUT2D eigenvalue weighted by Crippen LogP contribution is -2.22. The van der Waals surface area contributed by atoms with Crippen molar-refractivity contribution in [3.8, 4) is 0 Å². The van der Waals surface area contributed by atoms with E-state index in [4.69, 9.17) is 17.3 Å². The van der Waals surface area contributed by atoms with Gasteiger partial charge in [0.15, 0.2) is 5.02 Å². The van der Waals surface area contributed by atoms with Gasteiger partial charge >= 0.3 is 5.82 Å². The van der Waals surface area contributed by atoms with E-state index in [1.807, 2.05) is 0 Å². The van der Waals surface area contributed by atoms with Gasteiger partial charge in [0.2, 0.25) is 5.91 Å². The minimum absolute atomic E-state index is 0.105. The molecule has 2 heterocycles. The van der Waals surface area contributed by atoms with Gasteiger partial charge in [0.05, 0.1) is 16.4 Å². The third-order valence-corrected chi connectivity index (χ3v) is 6.21. The number of nitrogens with zero attached hydrogens (tertiary/aromatic N) is 3. The molecule has 0 unspecified atom stereocenters. The summed E-state index contributed by atoms with van der Waals surface area (Å²) in [6, 6.07) is 0. The Kier molecular flexibility index (Phi) is 5.20. The molecule has 0 bridgehead atoms. The Hall–Kier alpha value is -2.46. The van der Waals surface area contributed by atoms with E-state index < -0.39 is 22.6 Å². The van der Waals surface area contributed by atoms with Crippen LogP contribution in [-0.4, -0.2) is 26.5 Å². The molecule has 2 aromatic heterocycles. The molecule has 11 heteroatoms. The highest BCUT2D eigenvalue weighted by molar-refractivity contribution is 7.17. The number of anilines is 1. The Morgan fingerprint density at radius 2 is 2.22 bits per heavy atom. The van der Waals surface area contributed by atoms with E-state index in [9.17, 15) is 19.7 Å². The summed E-state index contributed by atoms with van der Waals surface area (Å²) >= 11 is 7.24. The maximum atomic E-state index is 12.4. The highest BCUT2D eigenvalue weighted by atomic mass is 35.5. The number of fused-ring (bicyclic) bond motifs is 1. The topological polar surface area (TPSA) is 133 Å². The van der Waals surface area contributed by atoms with E-state index in [1.165, 1.54) is 18.3 Å². The molecule has 0 radical (unpaired) electrons. The first kappa shape index (κ1) is 19.3. The van der Waals surface area contributed by atoms with Crippen LogP contribution in [0, 0.1) is 23.0 Å². The van der Waals surface area contributed by atoms with Crippen LogP contribution in [0.25, 0.3) is 0 Å². The number of carbonyl (C=O) groups is 2. The fraction of sp³-hybridized carbons (Fsp3) is 0.438. The summed E-state index contributed by atoms with van der Waals surface area (Å²) < 4.78 is 1.16. The molecule has 2 amide bonds. The van der Waals surface area contributed by atoms with Gasteiger partial charge in [-0.3, -0.25) is 9.59 Å². The summed E-state index contributed by atoms with van der Waals surface area (Å²) in [7, 11) is 0. The summed E-state index contributed by atoms with van der Waals surface area (Å²) in [6.45, 7) is 3.41. The lowest BCUT2D eigenvalue weighted by Gasteiger charge is -2.18. The number of rotatable bonds is 5. The minimum atomic E-state index is -0.705. The van der Waals surface area contributed by atoms with E-state index in [0.29, 0.717) is 22.2 Å². The smallest absolute Gasteiger partial charge is 0.365 e. The number of nitrogens with two attached hydrogens (primary N) is 1. The number of nitro groups is 1. The predicted molar refractivity (Wildman–Crippen MR) is 101 cm³/mol. The largest absolute Gasteiger partial charge is 0.408 e. The van der Waals surface area contributed by atoms with Crippen molar-refractivity contribution in [3.05, 3.63) is 36.8 Å². The van der Waals surface area contributed by atoms with Gasteiger partial charge in [-0.25, -0.2) is 0 Å². The summed E-state index contributed by atoms with van der Waals surface area (Å²) in [5, 5.41) is 17.7. The first-order chi connectivity index (χ1) is 12.7. The second-order valence-corrected chi connectivity index (χ2v) is 8.09. The monoisotopic (exact) mass is 411 g/mol. The van der Waals surface area contributed by atoms with Crippen LogP contribution in [0.5, 0.6) is 0 Å². The van der Waals surface area contributed by atoms with E-state index >= 15 is 0 Å². The van der Waals surface area contributed by atoms with Gasteiger partial charge < -0.3 is 21.2 Å². The van der Waals surface area contributed by atoms with Crippen LogP contribution in [0.2, 0.25) is 5.02 Å². The molecule has 0 spiro atoms. The predicted octanol–water partition coefficient (Wildman–Crippen LogP) is 2.68. The Balaban J connectivity index is 1.84. The lowest BCUT2D eigenvalue weighted by molar-refractivity contribution is -0.389. The zero-order valence-corrected chi connectivity index (χ0v) is 16.3. The van der Waals surface area contributed by atoms with Crippen LogP contribution >= 0.6 is 22.9 Å². The molecule has 3 rings (SSSR count). The third kappa shape index (κ3) is 3.67. The summed E-state index contributed by atoms with van der Waals surface area (Å²) in [5.74, 6) is -1.04. The zero-order valence-electron chi connectivity index (χ0n) is 14.7. The Bertz CT molecular complexity index is 951. The molecule has 3 N–H and O–H groups in total. The number of carbonyl (C=O) groups excluding carboxylic acids is 2. The average Bonchev–Trinajstić information content (AvgIpc) is 3.06. The summed E-state index contributed by atoms with van der Waals surface area (Å²) in [4.78, 5) is 35.6. The van der Waals surface area contributed by atoms with Crippen LogP contribution < -0.4 is 11.1 Å². The fourth-order valence-corrected chi connectivity index (χ4v) is 4.82. The van der Waals surface area contributed by atoms with Crippen molar-refractivity contribution in [2.45, 2.75) is 39.7 Å². The molecular weight excluding hydrogens is 394 g/mol. The van der Waals surface area contributed by atoms with Crippen molar-refractivity contribution in [3.63, 3.8) is 0 Å². The number of primary amides is 1. The van der Waals surface area contributed by atoms with Gasteiger partial charge in [0, 0.05) is 4.88 Å². The second-order valence-electron chi connectivity index (χ2n) is 6.61. The number of hydrogen-bond donors (Lipinski definition) is 2. The SMILES string of the molecule is Cc1c(Cl)c([N+](=O)[O-])nn1CC(=O)Nc1sc2c(c1C(N)=O)CC[C@@H](C)C2. The maximum absolute atomic E-state index is 12.4. The van der Waals surface area contributed by atoms with E-state index in [1.54, 1.807) is 0 Å². The van der Waals surface area contributed by atoms with E-state index in [-0.39, 0.29) is 11.6 Å². The first-order valence-electron chi connectivity index (χ1n) is 8.30. The third-order valence-electron chi connectivity index (χ3n) is 4.59. The molecule has 1 aliphatic rings. The molecule has 2 aromatic rings. The number of hydrogen-bond acceptors (Lipinski definition) is 6. The van der Waals surface area contributed by atoms with Crippen LogP contribution in [0.3, 0.4) is 0 Å². The molecule has 1 aliphatic carbocycles. The molecule has 0 aromatic carbocycles. The average molecular weight is 412 g/mol. The van der Waals surface area contributed by atoms with Crippen molar-refractivity contribution in [2.75, 3.05) is 5.32 Å². The highest BCUT2D eigenvalue weighted by Gasteiger charge is 2.28. The van der Waals surface area contributed by atoms with Crippen LogP contribution in [0.4, 0.5) is 10.8 Å². The molecule has 27 heavy (non-hydrogen) atoms. The molecule has 9 nitrogen and oxygen atoms in total. The number of halogens is 1. The van der Waals surface area contributed by atoms with Gasteiger partial charge in [-0.2, -0.15) is 4.68 Å². The van der Waals surface area contributed by atoms with Gasteiger partial charge in [0.25, 0.3) is 5.91 Å². The lowest BCUT2D eigenvalue weighted by atomic mass is 9.88. The number of nitrogens with one attached hydrogen (secondary N) is 1. The Morgan fingerprint density at radius 3 is 2.81 bits per heavy atom. The van der Waals surface area contributed by atoms with Crippen molar-refractivity contribution < 1.29 is 14.5 Å². The van der Waals surface area contributed by atoms with Crippen molar-refractivity contribution >= 4 is 45.6 Å². The highest BCUT2D eigenvalue weighted by Crippen LogP contribution is 2.39. The summed E-state index contributed by atoms with van der Waals surface area (Å²) in [6.07, 6.45) is 2.56. The molecule has 1 atom stereocenters. The molecule has 0 saturated carbocycles. The van der Waals surface area contributed by atoms with Gasteiger partial charge in [-0.05, 0) is 42.6 Å². The zero-order chi connectivity index (χ0) is 19.9. The van der Waals surface area contributed by atoms with Crippen LogP contribution in [-0.2, 0) is 24.2 Å². The molecule has 144 valence electrons. The second kappa shape index (κ2) is 7.28. The fourth-order valence-electron chi connectivity index (χ4n) is 3.18. The normalized spacial score (nSPS) is 16.0. The Morgan fingerprint density at radius 1 is 1.52 bits per heavy atom.